The highest BCUT2D eigenvalue weighted by Gasteiger charge is 2.16. The molecule has 0 spiro atoms. The lowest BCUT2D eigenvalue weighted by molar-refractivity contribution is 0.0697. The highest BCUT2D eigenvalue weighted by molar-refractivity contribution is 6.31. The lowest BCUT2D eigenvalue weighted by Gasteiger charge is -2.21. The Kier molecular flexibility index (Phi) is 4.25. The van der Waals surface area contributed by atoms with Crippen LogP contribution < -0.4 is 4.90 Å². The van der Waals surface area contributed by atoms with Crippen LogP contribution in [0.3, 0.4) is 0 Å². The molecule has 5 heteroatoms. The summed E-state index contributed by atoms with van der Waals surface area (Å²) in [7, 11) is 1.80. The number of aromatic nitrogens is 1. The van der Waals surface area contributed by atoms with E-state index in [0.29, 0.717) is 17.4 Å². The molecule has 20 heavy (non-hydrogen) atoms. The van der Waals surface area contributed by atoms with Gasteiger partial charge in [0.25, 0.3) is 0 Å². The Morgan fingerprint density at radius 3 is 2.65 bits per heavy atom. The highest BCUT2D eigenvalue weighted by Crippen LogP contribution is 2.22. The van der Waals surface area contributed by atoms with Crippen molar-refractivity contribution in [3.8, 4) is 0 Å². The molecule has 0 saturated heterocycles. The topological polar surface area (TPSA) is 53.4 Å². The molecule has 0 bridgehead atoms. The lowest BCUT2D eigenvalue weighted by atomic mass is 10.2. The van der Waals surface area contributed by atoms with Crippen molar-refractivity contribution in [1.82, 2.24) is 4.98 Å². The number of hydrogen-bond acceptors (Lipinski definition) is 3. The van der Waals surface area contributed by atoms with Gasteiger partial charge in [0, 0.05) is 24.3 Å². The van der Waals surface area contributed by atoms with E-state index in [1.165, 1.54) is 0 Å². The van der Waals surface area contributed by atoms with E-state index < -0.39 is 5.97 Å². The van der Waals surface area contributed by atoms with Crippen LogP contribution in [0, 0.1) is 6.92 Å². The predicted octanol–water partition coefficient (Wildman–Crippen LogP) is 3.38. The van der Waals surface area contributed by atoms with Crippen LogP contribution in [0.15, 0.2) is 36.4 Å². The van der Waals surface area contributed by atoms with Gasteiger partial charge in [0.15, 0.2) is 0 Å². The minimum Gasteiger partial charge on any atom is -0.478 e. The molecule has 0 unspecified atom stereocenters. The number of carboxylic acids is 1. The van der Waals surface area contributed by atoms with Crippen molar-refractivity contribution >= 4 is 23.4 Å². The van der Waals surface area contributed by atoms with Crippen LogP contribution in [0.25, 0.3) is 0 Å². The maximum atomic E-state index is 11.3. The van der Waals surface area contributed by atoms with Crippen LogP contribution in [0.4, 0.5) is 5.82 Å². The average Bonchev–Trinajstić information content (AvgIpc) is 2.40. The minimum absolute atomic E-state index is 0.185. The summed E-state index contributed by atoms with van der Waals surface area (Å²) >= 11 is 6.13. The summed E-state index contributed by atoms with van der Waals surface area (Å²) in [6.07, 6.45) is 0. The highest BCUT2D eigenvalue weighted by atomic mass is 35.5. The first-order valence-electron chi connectivity index (χ1n) is 6.14. The Balaban J connectivity index is 2.34. The SMILES string of the molecule is Cc1ccc(C(=O)O)c(N(C)Cc2ccccc2Cl)n1. The summed E-state index contributed by atoms with van der Waals surface area (Å²) in [5.41, 5.74) is 1.89. The van der Waals surface area contributed by atoms with Gasteiger partial charge in [-0.05, 0) is 30.7 Å². The number of carboxylic acid groups (broad SMARTS) is 1. The van der Waals surface area contributed by atoms with Gasteiger partial charge >= 0.3 is 5.97 Å². The van der Waals surface area contributed by atoms with Crippen molar-refractivity contribution in [3.05, 3.63) is 58.2 Å². The molecule has 0 aliphatic heterocycles. The van der Waals surface area contributed by atoms with Crippen molar-refractivity contribution in [1.29, 1.82) is 0 Å². The van der Waals surface area contributed by atoms with Crippen molar-refractivity contribution in [3.63, 3.8) is 0 Å². The quantitative estimate of drug-likeness (QED) is 0.938. The van der Waals surface area contributed by atoms with Crippen molar-refractivity contribution in [2.45, 2.75) is 13.5 Å². The van der Waals surface area contributed by atoms with E-state index in [4.69, 9.17) is 11.6 Å². The smallest absolute Gasteiger partial charge is 0.339 e. The fourth-order valence-electron chi connectivity index (χ4n) is 1.96. The zero-order valence-electron chi connectivity index (χ0n) is 11.3. The first-order valence-corrected chi connectivity index (χ1v) is 6.52. The van der Waals surface area contributed by atoms with E-state index in [0.717, 1.165) is 11.3 Å². The first kappa shape index (κ1) is 14.3. The van der Waals surface area contributed by atoms with Gasteiger partial charge in [-0.25, -0.2) is 9.78 Å². The molecule has 0 aliphatic carbocycles. The zero-order chi connectivity index (χ0) is 14.7. The Bertz CT molecular complexity index is 644. The molecule has 0 saturated carbocycles. The van der Waals surface area contributed by atoms with Crippen LogP contribution in [0.1, 0.15) is 21.6 Å². The lowest BCUT2D eigenvalue weighted by Crippen LogP contribution is -2.21. The van der Waals surface area contributed by atoms with Crippen LogP contribution in [-0.4, -0.2) is 23.1 Å². The Hall–Kier alpha value is -2.07. The standard InChI is InChI=1S/C15H15ClN2O2/c1-10-7-8-12(15(19)20)14(17-10)18(2)9-11-5-3-4-6-13(11)16/h3-8H,9H2,1-2H3,(H,19,20). The van der Waals surface area contributed by atoms with E-state index in [-0.39, 0.29) is 5.56 Å². The van der Waals surface area contributed by atoms with E-state index in [1.807, 2.05) is 31.2 Å². The number of halogens is 1. The third kappa shape index (κ3) is 3.08. The van der Waals surface area contributed by atoms with Crippen molar-refractivity contribution in [2.24, 2.45) is 0 Å². The van der Waals surface area contributed by atoms with Gasteiger partial charge in [-0.2, -0.15) is 0 Å². The Morgan fingerprint density at radius 1 is 1.30 bits per heavy atom. The third-order valence-electron chi connectivity index (χ3n) is 2.97. The van der Waals surface area contributed by atoms with Crippen molar-refractivity contribution in [2.75, 3.05) is 11.9 Å². The van der Waals surface area contributed by atoms with Crippen LogP contribution in [0.2, 0.25) is 5.02 Å². The summed E-state index contributed by atoms with van der Waals surface area (Å²) in [6.45, 7) is 2.33. The molecule has 0 fully saturated rings. The number of nitrogens with zero attached hydrogens (tertiary/aromatic N) is 2. The molecule has 1 heterocycles. The molecule has 1 N–H and O–H groups in total. The van der Waals surface area contributed by atoms with Gasteiger partial charge in [-0.1, -0.05) is 29.8 Å². The number of pyridine rings is 1. The molecule has 104 valence electrons. The molecule has 0 atom stereocenters. The molecular weight excluding hydrogens is 276 g/mol. The molecule has 1 aromatic carbocycles. The molecule has 4 nitrogen and oxygen atoms in total. The second-order valence-corrected chi connectivity index (χ2v) is 4.98. The zero-order valence-corrected chi connectivity index (χ0v) is 12.1. The fraction of sp³-hybridized carbons (Fsp3) is 0.200. The van der Waals surface area contributed by atoms with Crippen molar-refractivity contribution < 1.29 is 9.90 Å². The summed E-state index contributed by atoms with van der Waals surface area (Å²) in [5, 5.41) is 9.89. The molecule has 0 radical (unpaired) electrons. The Labute approximate surface area is 122 Å². The van der Waals surface area contributed by atoms with E-state index >= 15 is 0 Å². The number of aryl methyl sites for hydroxylation is 1. The monoisotopic (exact) mass is 290 g/mol. The number of anilines is 1. The van der Waals surface area contributed by atoms with Crippen LogP contribution in [-0.2, 0) is 6.54 Å². The van der Waals surface area contributed by atoms with Gasteiger partial charge in [-0.3, -0.25) is 0 Å². The first-order chi connectivity index (χ1) is 9.49. The van der Waals surface area contributed by atoms with Crippen LogP contribution in [0.5, 0.6) is 0 Å². The average molecular weight is 291 g/mol. The van der Waals surface area contributed by atoms with E-state index in [1.54, 1.807) is 24.1 Å². The molecule has 2 rings (SSSR count). The predicted molar refractivity (Wildman–Crippen MR) is 79.5 cm³/mol. The van der Waals surface area contributed by atoms with E-state index in [9.17, 15) is 9.90 Å². The second kappa shape index (κ2) is 5.92. The van der Waals surface area contributed by atoms with Gasteiger partial charge < -0.3 is 10.0 Å². The molecular formula is C15H15ClN2O2. The van der Waals surface area contributed by atoms with Crippen LogP contribution >= 0.6 is 11.6 Å². The largest absolute Gasteiger partial charge is 0.478 e. The summed E-state index contributed by atoms with van der Waals surface area (Å²) in [5.74, 6) is -0.545. The number of carbonyl (C=O) groups is 1. The molecule has 1 aromatic heterocycles. The maximum absolute atomic E-state index is 11.3. The summed E-state index contributed by atoms with van der Waals surface area (Å²) in [6, 6.07) is 10.7. The summed E-state index contributed by atoms with van der Waals surface area (Å²) in [4.78, 5) is 17.4. The minimum atomic E-state index is -0.987. The van der Waals surface area contributed by atoms with Gasteiger partial charge in [0.05, 0.1) is 0 Å². The number of aromatic carboxylic acids is 1. The van der Waals surface area contributed by atoms with Gasteiger partial charge in [-0.15, -0.1) is 0 Å². The number of rotatable bonds is 4. The summed E-state index contributed by atoms with van der Waals surface area (Å²) < 4.78 is 0. The second-order valence-electron chi connectivity index (χ2n) is 4.58. The fourth-order valence-corrected chi connectivity index (χ4v) is 2.15. The third-order valence-corrected chi connectivity index (χ3v) is 3.34. The normalized spacial score (nSPS) is 10.3. The Morgan fingerprint density at radius 2 is 2.00 bits per heavy atom. The maximum Gasteiger partial charge on any atom is 0.339 e. The van der Waals surface area contributed by atoms with Gasteiger partial charge in [0.1, 0.15) is 11.4 Å². The van der Waals surface area contributed by atoms with E-state index in [2.05, 4.69) is 4.98 Å². The molecule has 0 aliphatic rings. The number of hydrogen-bond donors (Lipinski definition) is 1. The molecule has 2 aromatic rings. The van der Waals surface area contributed by atoms with Gasteiger partial charge in [0.2, 0.25) is 0 Å². The molecule has 0 amide bonds. The number of benzene rings is 1.